The lowest BCUT2D eigenvalue weighted by Gasteiger charge is -2.32. The van der Waals surface area contributed by atoms with E-state index in [2.05, 4.69) is 0 Å². The van der Waals surface area contributed by atoms with Crippen molar-refractivity contribution < 1.29 is 19.1 Å². The smallest absolute Gasteiger partial charge is 0.310 e. The number of likely N-dealkylation sites (N-methyl/N-ethyl adjacent to an activating group) is 1. The lowest BCUT2D eigenvalue weighted by atomic mass is 9.97. The van der Waals surface area contributed by atoms with Crippen LogP contribution in [-0.2, 0) is 14.3 Å². The Hall–Kier alpha value is -3.06. The third-order valence-corrected chi connectivity index (χ3v) is 7.18. The van der Waals surface area contributed by atoms with E-state index in [-0.39, 0.29) is 23.7 Å². The van der Waals surface area contributed by atoms with E-state index in [4.69, 9.17) is 4.74 Å². The number of rotatable bonds is 4. The first kappa shape index (κ1) is 23.1. The van der Waals surface area contributed by atoms with Gasteiger partial charge in [-0.25, -0.2) is 0 Å². The van der Waals surface area contributed by atoms with Gasteiger partial charge in [0, 0.05) is 30.6 Å². The van der Waals surface area contributed by atoms with Crippen molar-refractivity contribution in [2.24, 2.45) is 5.92 Å². The number of likely N-dealkylation sites (tertiary alicyclic amines) is 1. The summed E-state index contributed by atoms with van der Waals surface area (Å²) in [7, 11) is 1.73. The molecule has 6 nitrogen and oxygen atoms in total. The Labute approximate surface area is 198 Å². The highest BCUT2D eigenvalue weighted by Crippen LogP contribution is 2.42. The first-order valence-corrected chi connectivity index (χ1v) is 12.0. The minimum absolute atomic E-state index is 0.0966. The van der Waals surface area contributed by atoms with Gasteiger partial charge in [0.05, 0.1) is 23.1 Å². The van der Waals surface area contributed by atoms with Crippen molar-refractivity contribution in [1.29, 1.82) is 0 Å². The summed E-state index contributed by atoms with van der Waals surface area (Å²) < 4.78 is 5.15. The fourth-order valence-electron chi connectivity index (χ4n) is 4.21. The van der Waals surface area contributed by atoms with Crippen molar-refractivity contribution in [3.05, 3.63) is 64.1 Å². The van der Waals surface area contributed by atoms with Gasteiger partial charge in [0.25, 0.3) is 11.8 Å². The van der Waals surface area contributed by atoms with E-state index in [1.165, 1.54) is 11.8 Å². The summed E-state index contributed by atoms with van der Waals surface area (Å²) in [5.41, 5.74) is 3.36. The number of hydrogen-bond acceptors (Lipinski definition) is 5. The van der Waals surface area contributed by atoms with Crippen LogP contribution in [0.4, 0.5) is 5.69 Å². The molecule has 0 radical (unpaired) electrons. The topological polar surface area (TPSA) is 66.9 Å². The lowest BCUT2D eigenvalue weighted by molar-refractivity contribution is -0.149. The van der Waals surface area contributed by atoms with Crippen LogP contribution in [0.2, 0.25) is 0 Å². The molecule has 4 rings (SSSR count). The third kappa shape index (κ3) is 4.83. The first-order valence-electron chi connectivity index (χ1n) is 11.2. The summed E-state index contributed by atoms with van der Waals surface area (Å²) in [4.78, 5) is 43.3. The maximum absolute atomic E-state index is 13.2. The predicted octanol–water partition coefficient (Wildman–Crippen LogP) is 4.52. The van der Waals surface area contributed by atoms with Crippen LogP contribution >= 0.6 is 11.8 Å². The number of thioether (sulfide) groups is 1. The Kier molecular flexibility index (Phi) is 6.88. The molecule has 1 saturated heterocycles. The molecule has 7 heteroatoms. The molecule has 2 aliphatic heterocycles. The van der Waals surface area contributed by atoms with E-state index in [0.29, 0.717) is 30.2 Å². The molecule has 0 bridgehead atoms. The van der Waals surface area contributed by atoms with Gasteiger partial charge in [-0.15, -0.1) is 0 Å². The molecule has 0 unspecified atom stereocenters. The van der Waals surface area contributed by atoms with Gasteiger partial charge in [-0.05, 0) is 62.1 Å². The summed E-state index contributed by atoms with van der Waals surface area (Å²) >= 11 is 1.42. The van der Waals surface area contributed by atoms with Gasteiger partial charge in [0.1, 0.15) is 0 Å². The van der Waals surface area contributed by atoms with E-state index >= 15 is 0 Å². The lowest BCUT2D eigenvalue weighted by Crippen LogP contribution is -2.43. The second-order valence-corrected chi connectivity index (χ2v) is 9.44. The Morgan fingerprint density at radius 2 is 2.00 bits per heavy atom. The number of anilines is 1. The number of carbonyl (C=O) groups is 3. The summed E-state index contributed by atoms with van der Waals surface area (Å²) in [6.45, 7) is 5.12. The molecule has 2 heterocycles. The third-order valence-electron chi connectivity index (χ3n) is 6.11. The monoisotopic (exact) mass is 464 g/mol. The number of aryl methyl sites for hydroxylation is 1. The standard InChI is InChI=1S/C26H28N2O4S/c1-4-32-26(31)20-10-7-13-28(16-20)24(29)19-11-12-22-21(14-19)27(3)25(30)23(33-22)15-18-9-6-5-8-17(18)2/h5-6,8-9,11-12,14-15,20H,4,7,10,13,16H2,1-3H3/b23-15-/t20-/m0/s1. The fraction of sp³-hybridized carbons (Fsp3) is 0.346. The SMILES string of the molecule is CCOC(=O)[C@H]1CCCN(C(=O)c2ccc3c(c2)N(C)C(=O)/C(=C/c2ccccc2C)S3)C1. The zero-order valence-electron chi connectivity index (χ0n) is 19.2. The highest BCUT2D eigenvalue weighted by Gasteiger charge is 2.31. The molecule has 1 fully saturated rings. The van der Waals surface area contributed by atoms with Crippen LogP contribution in [0.1, 0.15) is 41.3 Å². The second-order valence-electron chi connectivity index (χ2n) is 8.36. The number of carbonyl (C=O) groups excluding carboxylic acids is 3. The van der Waals surface area contributed by atoms with Crippen molar-refractivity contribution in [2.75, 3.05) is 31.6 Å². The Balaban J connectivity index is 1.55. The Morgan fingerprint density at radius 1 is 1.21 bits per heavy atom. The summed E-state index contributed by atoms with van der Waals surface area (Å²) in [6.07, 6.45) is 3.42. The van der Waals surface area contributed by atoms with Gasteiger partial charge in [-0.1, -0.05) is 36.0 Å². The van der Waals surface area contributed by atoms with Crippen LogP contribution in [0, 0.1) is 12.8 Å². The largest absolute Gasteiger partial charge is 0.466 e. The van der Waals surface area contributed by atoms with Crippen molar-refractivity contribution in [1.82, 2.24) is 4.90 Å². The van der Waals surface area contributed by atoms with Gasteiger partial charge in [-0.2, -0.15) is 0 Å². The number of piperidine rings is 1. The van der Waals surface area contributed by atoms with Gasteiger partial charge in [-0.3, -0.25) is 14.4 Å². The summed E-state index contributed by atoms with van der Waals surface area (Å²) in [6, 6.07) is 13.4. The molecular formula is C26H28N2O4S. The quantitative estimate of drug-likeness (QED) is 0.492. The average molecular weight is 465 g/mol. The fourth-order valence-corrected chi connectivity index (χ4v) is 5.30. The molecule has 0 N–H and O–H groups in total. The van der Waals surface area contributed by atoms with Crippen LogP contribution in [0.25, 0.3) is 6.08 Å². The van der Waals surface area contributed by atoms with E-state index in [0.717, 1.165) is 34.6 Å². The Morgan fingerprint density at radius 3 is 2.76 bits per heavy atom. The molecule has 0 aromatic heterocycles. The molecule has 0 saturated carbocycles. The van der Waals surface area contributed by atoms with Gasteiger partial charge < -0.3 is 14.5 Å². The molecule has 2 amide bonds. The predicted molar refractivity (Wildman–Crippen MR) is 130 cm³/mol. The zero-order chi connectivity index (χ0) is 23.5. The molecule has 0 aliphatic carbocycles. The molecule has 1 atom stereocenters. The summed E-state index contributed by atoms with van der Waals surface area (Å²) in [5, 5.41) is 0. The molecule has 33 heavy (non-hydrogen) atoms. The van der Waals surface area contributed by atoms with E-state index in [1.807, 2.05) is 43.3 Å². The van der Waals surface area contributed by atoms with Gasteiger partial charge >= 0.3 is 5.97 Å². The molecular weight excluding hydrogens is 436 g/mol. The highest BCUT2D eigenvalue weighted by atomic mass is 32.2. The molecule has 2 aliphatic rings. The number of amides is 2. The molecule has 2 aromatic rings. The maximum atomic E-state index is 13.2. The Bertz CT molecular complexity index is 1130. The van der Waals surface area contributed by atoms with Crippen molar-refractivity contribution in [2.45, 2.75) is 31.6 Å². The normalized spacial score (nSPS) is 19.4. The van der Waals surface area contributed by atoms with E-state index < -0.39 is 0 Å². The van der Waals surface area contributed by atoms with E-state index in [9.17, 15) is 14.4 Å². The van der Waals surface area contributed by atoms with Crippen LogP contribution in [0.15, 0.2) is 52.3 Å². The minimum atomic E-state index is -0.283. The van der Waals surface area contributed by atoms with Gasteiger partial charge in [0.2, 0.25) is 0 Å². The highest BCUT2D eigenvalue weighted by molar-refractivity contribution is 8.04. The average Bonchev–Trinajstić information content (AvgIpc) is 2.83. The number of nitrogens with zero attached hydrogens (tertiary/aromatic N) is 2. The van der Waals surface area contributed by atoms with Crippen LogP contribution in [0.3, 0.4) is 0 Å². The second kappa shape index (κ2) is 9.83. The van der Waals surface area contributed by atoms with Gasteiger partial charge in [0.15, 0.2) is 0 Å². The maximum Gasteiger partial charge on any atom is 0.310 e. The minimum Gasteiger partial charge on any atom is -0.466 e. The molecule has 172 valence electrons. The zero-order valence-corrected chi connectivity index (χ0v) is 20.0. The van der Waals surface area contributed by atoms with Crippen LogP contribution in [-0.4, -0.2) is 49.4 Å². The number of benzene rings is 2. The van der Waals surface area contributed by atoms with Crippen LogP contribution < -0.4 is 4.90 Å². The first-order chi connectivity index (χ1) is 15.9. The molecule has 2 aromatic carbocycles. The number of fused-ring (bicyclic) bond motifs is 1. The van der Waals surface area contributed by atoms with Crippen molar-refractivity contribution >= 4 is 41.3 Å². The van der Waals surface area contributed by atoms with Crippen LogP contribution in [0.5, 0.6) is 0 Å². The summed E-state index contributed by atoms with van der Waals surface area (Å²) in [5.74, 6) is -0.746. The molecule has 0 spiro atoms. The van der Waals surface area contributed by atoms with E-state index in [1.54, 1.807) is 35.9 Å². The number of ether oxygens (including phenoxy) is 1. The number of hydrogen-bond donors (Lipinski definition) is 0. The van der Waals surface area contributed by atoms with Crippen molar-refractivity contribution in [3.63, 3.8) is 0 Å². The number of esters is 1. The van der Waals surface area contributed by atoms with Crippen molar-refractivity contribution in [3.8, 4) is 0 Å².